The predicted octanol–water partition coefficient (Wildman–Crippen LogP) is 6.50. The first kappa shape index (κ1) is 16.6. The molecular formula is C26H27N. The van der Waals surface area contributed by atoms with Crippen molar-refractivity contribution in [2.45, 2.75) is 51.9 Å². The van der Waals surface area contributed by atoms with E-state index in [-0.39, 0.29) is 5.41 Å². The van der Waals surface area contributed by atoms with Gasteiger partial charge < -0.3 is 4.98 Å². The van der Waals surface area contributed by atoms with Crippen LogP contribution in [0.2, 0.25) is 0 Å². The maximum Gasteiger partial charge on any atom is 0.0497 e. The van der Waals surface area contributed by atoms with Gasteiger partial charge in [-0.3, -0.25) is 0 Å². The van der Waals surface area contributed by atoms with Crippen LogP contribution in [-0.2, 0) is 31.1 Å². The first-order valence-corrected chi connectivity index (χ1v) is 10.1. The van der Waals surface area contributed by atoms with E-state index in [1.807, 2.05) is 0 Å². The summed E-state index contributed by atoms with van der Waals surface area (Å²) < 4.78 is 0. The molecule has 2 aliphatic rings. The number of nitrogens with one attached hydrogen (secondary N) is 1. The molecular weight excluding hydrogens is 326 g/mol. The second-order valence-electron chi connectivity index (χ2n) is 9.13. The summed E-state index contributed by atoms with van der Waals surface area (Å²) in [4.78, 5) is 3.76. The highest BCUT2D eigenvalue weighted by Crippen LogP contribution is 2.34. The largest absolute Gasteiger partial charge is 0.354 e. The Labute approximate surface area is 161 Å². The average Bonchev–Trinajstić information content (AvgIpc) is 3.02. The van der Waals surface area contributed by atoms with Gasteiger partial charge in [0.25, 0.3) is 0 Å². The molecule has 5 bridgehead atoms. The number of benzene rings is 3. The fourth-order valence-corrected chi connectivity index (χ4v) is 4.35. The Morgan fingerprint density at radius 2 is 1.30 bits per heavy atom. The SMILES string of the molecule is CC(C)(C)c1cc2c3[nH]c4cc(ccc4c3c1)CCc1ccc(cc1)CC2. The maximum absolute atomic E-state index is 3.76. The predicted molar refractivity (Wildman–Crippen MR) is 116 cm³/mol. The van der Waals surface area contributed by atoms with Crippen LogP contribution in [0.4, 0.5) is 0 Å². The van der Waals surface area contributed by atoms with Gasteiger partial charge >= 0.3 is 0 Å². The van der Waals surface area contributed by atoms with Crippen LogP contribution in [0, 0.1) is 0 Å². The Balaban J connectivity index is 1.78. The lowest BCUT2D eigenvalue weighted by Crippen LogP contribution is -2.11. The van der Waals surface area contributed by atoms with Crippen molar-refractivity contribution >= 4 is 21.8 Å². The van der Waals surface area contributed by atoms with E-state index in [9.17, 15) is 0 Å². The van der Waals surface area contributed by atoms with Gasteiger partial charge in [0.05, 0.1) is 0 Å². The normalized spacial score (nSPS) is 14.6. The smallest absolute Gasteiger partial charge is 0.0497 e. The van der Waals surface area contributed by atoms with Gasteiger partial charge in [-0.1, -0.05) is 63.2 Å². The zero-order valence-corrected chi connectivity index (χ0v) is 16.5. The van der Waals surface area contributed by atoms with Crippen LogP contribution in [-0.4, -0.2) is 4.98 Å². The van der Waals surface area contributed by atoms with Gasteiger partial charge in [0.1, 0.15) is 0 Å². The number of aromatic amines is 1. The molecule has 27 heavy (non-hydrogen) atoms. The summed E-state index contributed by atoms with van der Waals surface area (Å²) in [6.07, 6.45) is 4.35. The van der Waals surface area contributed by atoms with E-state index in [1.54, 1.807) is 0 Å². The highest BCUT2D eigenvalue weighted by molar-refractivity contribution is 6.08. The molecule has 136 valence electrons. The number of aromatic nitrogens is 1. The van der Waals surface area contributed by atoms with Crippen molar-refractivity contribution in [3.05, 3.63) is 82.4 Å². The molecule has 0 saturated heterocycles. The Morgan fingerprint density at radius 1 is 0.667 bits per heavy atom. The van der Waals surface area contributed by atoms with E-state index in [0.717, 1.165) is 25.7 Å². The van der Waals surface area contributed by atoms with Crippen LogP contribution in [0.15, 0.2) is 54.6 Å². The van der Waals surface area contributed by atoms with Gasteiger partial charge in [0.15, 0.2) is 0 Å². The van der Waals surface area contributed by atoms with E-state index in [4.69, 9.17) is 0 Å². The molecule has 0 saturated carbocycles. The molecule has 1 heteroatoms. The number of aryl methyl sites for hydroxylation is 4. The topological polar surface area (TPSA) is 15.8 Å². The van der Waals surface area contributed by atoms with Crippen LogP contribution < -0.4 is 0 Å². The molecule has 1 nitrogen and oxygen atoms in total. The third-order valence-electron chi connectivity index (χ3n) is 6.13. The second-order valence-corrected chi connectivity index (χ2v) is 9.13. The molecule has 1 N–H and O–H groups in total. The lowest BCUT2D eigenvalue weighted by Gasteiger charge is -2.21. The number of hydrogen-bond donors (Lipinski definition) is 1. The minimum Gasteiger partial charge on any atom is -0.354 e. The standard InChI is InChI=1S/C26H27N/c1-26(2,3)21-15-20-12-10-18-6-4-17(5-7-18)8-9-19-11-13-22-23(16-21)25(20)27-24(22)14-19/h4-7,11,13-16,27H,8-10,12H2,1-3H3. The van der Waals surface area contributed by atoms with Crippen molar-refractivity contribution in [3.8, 4) is 0 Å². The summed E-state index contributed by atoms with van der Waals surface area (Å²) in [5, 5.41) is 2.74. The third-order valence-corrected chi connectivity index (χ3v) is 6.13. The molecule has 2 aliphatic heterocycles. The minimum absolute atomic E-state index is 0.150. The minimum atomic E-state index is 0.150. The monoisotopic (exact) mass is 353 g/mol. The summed E-state index contributed by atoms with van der Waals surface area (Å²) in [5.74, 6) is 0. The number of hydrogen-bond acceptors (Lipinski definition) is 0. The third kappa shape index (κ3) is 2.96. The van der Waals surface area contributed by atoms with Crippen LogP contribution in [0.5, 0.6) is 0 Å². The zero-order chi connectivity index (χ0) is 18.6. The first-order chi connectivity index (χ1) is 13.0. The van der Waals surface area contributed by atoms with Crippen LogP contribution >= 0.6 is 0 Å². The van der Waals surface area contributed by atoms with Crippen LogP contribution in [0.25, 0.3) is 21.8 Å². The molecule has 3 aromatic carbocycles. The first-order valence-electron chi connectivity index (χ1n) is 10.1. The Kier molecular flexibility index (Phi) is 3.69. The van der Waals surface area contributed by atoms with Crippen molar-refractivity contribution < 1.29 is 0 Å². The number of fused-ring (bicyclic) bond motifs is 5. The summed E-state index contributed by atoms with van der Waals surface area (Å²) in [5.41, 5.74) is 9.89. The molecule has 0 spiro atoms. The van der Waals surface area contributed by atoms with E-state index in [2.05, 4.69) is 80.4 Å². The Morgan fingerprint density at radius 3 is 2.00 bits per heavy atom. The molecule has 0 atom stereocenters. The van der Waals surface area contributed by atoms with Gasteiger partial charge in [0, 0.05) is 21.8 Å². The van der Waals surface area contributed by atoms with Crippen LogP contribution in [0.1, 0.15) is 48.6 Å². The molecule has 0 radical (unpaired) electrons. The molecule has 0 fully saturated rings. The summed E-state index contributed by atoms with van der Waals surface area (Å²) >= 11 is 0. The summed E-state index contributed by atoms with van der Waals surface area (Å²) in [6.45, 7) is 6.93. The summed E-state index contributed by atoms with van der Waals surface area (Å²) in [6, 6.07) is 21.1. The van der Waals surface area contributed by atoms with Gasteiger partial charge in [-0.25, -0.2) is 0 Å². The molecule has 0 aliphatic carbocycles. The highest BCUT2D eigenvalue weighted by atomic mass is 14.7. The zero-order valence-electron chi connectivity index (χ0n) is 16.5. The van der Waals surface area contributed by atoms with E-state index < -0.39 is 0 Å². The molecule has 6 rings (SSSR count). The highest BCUT2D eigenvalue weighted by Gasteiger charge is 2.18. The lowest BCUT2D eigenvalue weighted by atomic mass is 9.84. The fourth-order valence-electron chi connectivity index (χ4n) is 4.35. The van der Waals surface area contributed by atoms with Gasteiger partial charge in [-0.05, 0) is 71.0 Å². The average molecular weight is 354 g/mol. The molecule has 3 heterocycles. The van der Waals surface area contributed by atoms with Gasteiger partial charge in [0.2, 0.25) is 0 Å². The Hall–Kier alpha value is -2.54. The molecule has 0 amide bonds. The van der Waals surface area contributed by atoms with Crippen LogP contribution in [0.3, 0.4) is 0 Å². The quantitative estimate of drug-likeness (QED) is 0.371. The lowest BCUT2D eigenvalue weighted by molar-refractivity contribution is 0.590. The van der Waals surface area contributed by atoms with E-state index in [0.29, 0.717) is 0 Å². The maximum atomic E-state index is 3.76. The fraction of sp³-hybridized carbons (Fsp3) is 0.308. The van der Waals surface area contributed by atoms with Crippen molar-refractivity contribution in [2.24, 2.45) is 0 Å². The van der Waals surface area contributed by atoms with E-state index >= 15 is 0 Å². The van der Waals surface area contributed by atoms with Crippen molar-refractivity contribution in [1.29, 1.82) is 0 Å². The van der Waals surface area contributed by atoms with Crippen molar-refractivity contribution in [1.82, 2.24) is 4.98 Å². The Bertz CT molecular complexity index is 1140. The number of H-pyrrole nitrogens is 1. The van der Waals surface area contributed by atoms with E-state index in [1.165, 1.54) is 49.6 Å². The summed E-state index contributed by atoms with van der Waals surface area (Å²) in [7, 11) is 0. The van der Waals surface area contributed by atoms with Crippen molar-refractivity contribution in [2.75, 3.05) is 0 Å². The molecule has 1 aromatic heterocycles. The number of rotatable bonds is 0. The molecule has 0 unspecified atom stereocenters. The molecule has 4 aromatic rings. The van der Waals surface area contributed by atoms with Gasteiger partial charge in [-0.15, -0.1) is 0 Å². The second kappa shape index (κ2) is 5.99. The van der Waals surface area contributed by atoms with Crippen molar-refractivity contribution in [3.63, 3.8) is 0 Å². The van der Waals surface area contributed by atoms with Gasteiger partial charge in [-0.2, -0.15) is 0 Å².